The molecule has 0 fully saturated rings. The highest BCUT2D eigenvalue weighted by Crippen LogP contribution is 2.25. The van der Waals surface area contributed by atoms with E-state index in [9.17, 15) is 0 Å². The van der Waals surface area contributed by atoms with E-state index in [0.717, 1.165) is 13.1 Å². The lowest BCUT2D eigenvalue weighted by Gasteiger charge is -2.35. The van der Waals surface area contributed by atoms with Crippen LogP contribution in [0.3, 0.4) is 0 Å². The first-order valence-corrected chi connectivity index (χ1v) is 5.27. The van der Waals surface area contributed by atoms with Crippen molar-refractivity contribution < 1.29 is 0 Å². The van der Waals surface area contributed by atoms with E-state index >= 15 is 0 Å². The van der Waals surface area contributed by atoms with Crippen LogP contribution in [0.25, 0.3) is 0 Å². The van der Waals surface area contributed by atoms with Crippen molar-refractivity contribution in [3.63, 3.8) is 0 Å². The van der Waals surface area contributed by atoms with E-state index in [-0.39, 0.29) is 5.54 Å². The third kappa shape index (κ3) is 2.89. The minimum absolute atomic E-state index is 0.160. The monoisotopic (exact) mass is 197 g/mol. The van der Waals surface area contributed by atoms with E-state index < -0.39 is 0 Å². The molecule has 1 N–H and O–H groups in total. The molecule has 0 spiro atoms. The van der Waals surface area contributed by atoms with Gasteiger partial charge in [-0.3, -0.25) is 5.43 Å². The van der Waals surface area contributed by atoms with Gasteiger partial charge in [0.25, 0.3) is 0 Å². The minimum atomic E-state index is 0.160. The first-order valence-electron chi connectivity index (χ1n) is 5.27. The lowest BCUT2D eigenvalue weighted by atomic mass is 9.90. The van der Waals surface area contributed by atoms with E-state index in [1.165, 1.54) is 5.84 Å². The summed E-state index contributed by atoms with van der Waals surface area (Å²) in [5.74, 6) is 1.19. The Bertz CT molecular complexity index is 230. The fourth-order valence-electron chi connectivity index (χ4n) is 1.58. The number of nitrogens with one attached hydrogen (secondary N) is 1. The maximum absolute atomic E-state index is 4.36. The van der Waals surface area contributed by atoms with Gasteiger partial charge in [-0.05, 0) is 26.2 Å². The van der Waals surface area contributed by atoms with E-state index in [2.05, 4.69) is 57.0 Å². The van der Waals surface area contributed by atoms with Crippen LogP contribution in [0.1, 0.15) is 48.0 Å². The predicted octanol–water partition coefficient (Wildman–Crippen LogP) is 2.40. The topological polar surface area (TPSA) is 27.6 Å². The molecule has 0 aliphatic carbocycles. The molecule has 0 saturated heterocycles. The standard InChI is InChI=1S/C11H23N3/c1-10(2,3)7-9-13-12-8-14(9)11(4,5)6/h12H,7-8H2,1-6H3. The van der Waals surface area contributed by atoms with E-state index in [1.807, 2.05) is 0 Å². The quantitative estimate of drug-likeness (QED) is 0.699. The molecule has 82 valence electrons. The number of amidine groups is 1. The van der Waals surface area contributed by atoms with Crippen LogP contribution in [0, 0.1) is 5.41 Å². The van der Waals surface area contributed by atoms with Gasteiger partial charge in [0.1, 0.15) is 12.5 Å². The Kier molecular flexibility index (Phi) is 2.79. The number of nitrogens with zero attached hydrogens (tertiary/aromatic N) is 2. The van der Waals surface area contributed by atoms with Gasteiger partial charge in [-0.25, -0.2) is 0 Å². The summed E-state index contributed by atoms with van der Waals surface area (Å²) in [4.78, 5) is 2.33. The third-order valence-electron chi connectivity index (χ3n) is 2.25. The predicted molar refractivity (Wildman–Crippen MR) is 61.1 cm³/mol. The van der Waals surface area contributed by atoms with Crippen LogP contribution in [-0.4, -0.2) is 22.9 Å². The highest BCUT2D eigenvalue weighted by atomic mass is 15.5. The number of hydrogen-bond acceptors (Lipinski definition) is 3. The lowest BCUT2D eigenvalue weighted by molar-refractivity contribution is 0.233. The molecule has 0 aromatic heterocycles. The van der Waals surface area contributed by atoms with Crippen LogP contribution in [0.15, 0.2) is 5.10 Å². The summed E-state index contributed by atoms with van der Waals surface area (Å²) in [6, 6.07) is 0. The van der Waals surface area contributed by atoms with Gasteiger partial charge in [0.05, 0.1) is 0 Å². The van der Waals surface area contributed by atoms with Gasteiger partial charge in [-0.15, -0.1) is 0 Å². The summed E-state index contributed by atoms with van der Waals surface area (Å²) >= 11 is 0. The molecule has 0 saturated carbocycles. The average Bonchev–Trinajstić information content (AvgIpc) is 2.29. The minimum Gasteiger partial charge on any atom is -0.335 e. The third-order valence-corrected chi connectivity index (χ3v) is 2.25. The van der Waals surface area contributed by atoms with Crippen molar-refractivity contribution in [2.75, 3.05) is 6.67 Å². The molecule has 0 aromatic carbocycles. The molecule has 0 bridgehead atoms. The fourth-order valence-corrected chi connectivity index (χ4v) is 1.58. The number of rotatable bonds is 1. The molecule has 1 aliphatic rings. The zero-order valence-corrected chi connectivity index (χ0v) is 10.3. The largest absolute Gasteiger partial charge is 0.335 e. The van der Waals surface area contributed by atoms with Crippen molar-refractivity contribution in [1.29, 1.82) is 0 Å². The van der Waals surface area contributed by atoms with Crippen molar-refractivity contribution in [1.82, 2.24) is 10.3 Å². The van der Waals surface area contributed by atoms with E-state index in [0.29, 0.717) is 5.41 Å². The summed E-state index contributed by atoms with van der Waals surface area (Å²) in [6.07, 6.45) is 1.03. The second-order valence-electron chi connectivity index (χ2n) is 6.18. The zero-order chi connectivity index (χ0) is 11.0. The Morgan fingerprint density at radius 1 is 1.21 bits per heavy atom. The van der Waals surface area contributed by atoms with Crippen molar-refractivity contribution in [3.05, 3.63) is 0 Å². The summed E-state index contributed by atoms with van der Waals surface area (Å²) in [6.45, 7) is 14.2. The molecule has 3 heteroatoms. The lowest BCUT2D eigenvalue weighted by Crippen LogP contribution is -2.45. The molecular formula is C11H23N3. The fraction of sp³-hybridized carbons (Fsp3) is 0.909. The molecule has 1 heterocycles. The molecule has 0 atom stereocenters. The molecule has 1 rings (SSSR count). The molecule has 0 unspecified atom stereocenters. The van der Waals surface area contributed by atoms with Crippen molar-refractivity contribution in [3.8, 4) is 0 Å². The second-order valence-corrected chi connectivity index (χ2v) is 6.18. The van der Waals surface area contributed by atoms with Gasteiger partial charge < -0.3 is 4.90 Å². The van der Waals surface area contributed by atoms with Gasteiger partial charge >= 0.3 is 0 Å². The Morgan fingerprint density at radius 3 is 2.21 bits per heavy atom. The van der Waals surface area contributed by atoms with Crippen LogP contribution in [0.5, 0.6) is 0 Å². The maximum atomic E-state index is 4.36. The summed E-state index contributed by atoms with van der Waals surface area (Å²) in [7, 11) is 0. The highest BCUT2D eigenvalue weighted by molar-refractivity contribution is 5.84. The summed E-state index contributed by atoms with van der Waals surface area (Å²) in [5.41, 5.74) is 3.53. The van der Waals surface area contributed by atoms with Gasteiger partial charge in [0.15, 0.2) is 0 Å². The second kappa shape index (κ2) is 3.44. The summed E-state index contributed by atoms with van der Waals surface area (Å²) < 4.78 is 0. The normalized spacial score (nSPS) is 18.1. The first kappa shape index (κ1) is 11.3. The van der Waals surface area contributed by atoms with Crippen LogP contribution in [0.4, 0.5) is 0 Å². The van der Waals surface area contributed by atoms with E-state index in [4.69, 9.17) is 0 Å². The molecule has 0 amide bonds. The Labute approximate surface area is 87.6 Å². The molecule has 3 nitrogen and oxygen atoms in total. The Hall–Kier alpha value is -0.730. The Balaban J connectivity index is 2.70. The van der Waals surface area contributed by atoms with Gasteiger partial charge in [0, 0.05) is 12.0 Å². The molecular weight excluding hydrogens is 174 g/mol. The first-order chi connectivity index (χ1) is 6.20. The van der Waals surface area contributed by atoms with Gasteiger partial charge in [0.2, 0.25) is 0 Å². The number of hydrazone groups is 1. The van der Waals surface area contributed by atoms with Crippen LogP contribution >= 0.6 is 0 Å². The molecule has 0 radical (unpaired) electrons. The van der Waals surface area contributed by atoms with Gasteiger partial charge in [-0.1, -0.05) is 20.8 Å². The molecule has 1 aliphatic heterocycles. The summed E-state index contributed by atoms with van der Waals surface area (Å²) in [5, 5.41) is 4.36. The molecule has 0 aromatic rings. The Morgan fingerprint density at radius 2 is 1.79 bits per heavy atom. The average molecular weight is 197 g/mol. The molecule has 14 heavy (non-hydrogen) atoms. The van der Waals surface area contributed by atoms with Crippen molar-refractivity contribution in [2.45, 2.75) is 53.5 Å². The highest BCUT2D eigenvalue weighted by Gasteiger charge is 2.30. The SMILES string of the molecule is CC(C)(C)CC1=NNCN1C(C)(C)C. The zero-order valence-electron chi connectivity index (χ0n) is 10.3. The van der Waals surface area contributed by atoms with Crippen molar-refractivity contribution in [2.24, 2.45) is 10.5 Å². The van der Waals surface area contributed by atoms with Crippen LogP contribution in [-0.2, 0) is 0 Å². The smallest absolute Gasteiger partial charge is 0.127 e. The van der Waals surface area contributed by atoms with Gasteiger partial charge in [-0.2, -0.15) is 5.10 Å². The van der Waals surface area contributed by atoms with E-state index in [1.54, 1.807) is 0 Å². The van der Waals surface area contributed by atoms with Crippen molar-refractivity contribution >= 4 is 5.84 Å². The number of hydrogen-bond donors (Lipinski definition) is 1. The van der Waals surface area contributed by atoms with Crippen LogP contribution in [0.2, 0.25) is 0 Å². The van der Waals surface area contributed by atoms with Crippen LogP contribution < -0.4 is 5.43 Å². The maximum Gasteiger partial charge on any atom is 0.127 e.